The van der Waals surface area contributed by atoms with Crippen LogP contribution in [0.4, 0.5) is 5.82 Å². The molecule has 0 aliphatic rings. The van der Waals surface area contributed by atoms with Crippen LogP contribution < -0.4 is 10.1 Å². The molecule has 1 aromatic heterocycles. The van der Waals surface area contributed by atoms with E-state index in [4.69, 9.17) is 4.74 Å². The van der Waals surface area contributed by atoms with Gasteiger partial charge in [0, 0.05) is 12.6 Å². The lowest BCUT2D eigenvalue weighted by atomic mass is 10.2. The second-order valence-electron chi connectivity index (χ2n) is 4.23. The van der Waals surface area contributed by atoms with Crippen LogP contribution in [0.25, 0.3) is 0 Å². The van der Waals surface area contributed by atoms with E-state index in [0.29, 0.717) is 18.4 Å². The number of hydrogen-bond donors (Lipinski definition) is 1. The Balaban J connectivity index is 2.43. The van der Waals surface area contributed by atoms with Gasteiger partial charge in [0.2, 0.25) is 5.88 Å². The Morgan fingerprint density at radius 3 is 2.88 bits per heavy atom. The Labute approximate surface area is 97.5 Å². The largest absolute Gasteiger partial charge is 0.477 e. The van der Waals surface area contributed by atoms with Crippen LogP contribution in [0.5, 0.6) is 5.88 Å². The zero-order valence-electron chi connectivity index (χ0n) is 10.4. The molecule has 1 rings (SSSR count). The third-order valence-electron chi connectivity index (χ3n) is 2.04. The molecule has 0 radical (unpaired) electrons. The fourth-order valence-corrected chi connectivity index (χ4v) is 1.16. The number of nitrogens with one attached hydrogen (secondary N) is 1. The summed E-state index contributed by atoms with van der Waals surface area (Å²) in [4.78, 5) is 8.20. The number of rotatable bonds is 7. The lowest BCUT2D eigenvalue weighted by Crippen LogP contribution is -2.07. The molecule has 0 saturated carbocycles. The van der Waals surface area contributed by atoms with Gasteiger partial charge in [-0.05, 0) is 12.3 Å². The first-order valence-electron chi connectivity index (χ1n) is 5.91. The van der Waals surface area contributed by atoms with Crippen LogP contribution in [-0.2, 0) is 0 Å². The molecule has 0 bridgehead atoms. The summed E-state index contributed by atoms with van der Waals surface area (Å²) in [6, 6.07) is 1.85. The number of hydrogen-bond acceptors (Lipinski definition) is 4. The molecule has 1 aromatic rings. The molecule has 0 spiro atoms. The van der Waals surface area contributed by atoms with Gasteiger partial charge in [-0.25, -0.2) is 9.97 Å². The Hall–Kier alpha value is -1.32. The number of anilines is 1. The summed E-state index contributed by atoms with van der Waals surface area (Å²) >= 11 is 0. The highest BCUT2D eigenvalue weighted by Crippen LogP contribution is 2.11. The maximum atomic E-state index is 5.52. The number of ether oxygens (including phenoxy) is 1. The summed E-state index contributed by atoms with van der Waals surface area (Å²) in [6.45, 7) is 8.02. The van der Waals surface area contributed by atoms with Crippen molar-refractivity contribution in [1.29, 1.82) is 0 Å². The predicted octanol–water partition coefficient (Wildman–Crippen LogP) is 2.72. The monoisotopic (exact) mass is 223 g/mol. The molecule has 0 amide bonds. The Bertz CT molecular complexity index is 302. The molecule has 0 unspecified atom stereocenters. The lowest BCUT2D eigenvalue weighted by molar-refractivity contribution is 0.261. The molecule has 4 heteroatoms. The van der Waals surface area contributed by atoms with E-state index >= 15 is 0 Å². The number of unbranched alkanes of at least 4 members (excludes halogenated alkanes) is 1. The van der Waals surface area contributed by atoms with Gasteiger partial charge in [0.15, 0.2) is 0 Å². The summed E-state index contributed by atoms with van der Waals surface area (Å²) in [5, 5.41) is 3.24. The normalized spacial score (nSPS) is 10.5. The van der Waals surface area contributed by atoms with Crippen LogP contribution in [0.2, 0.25) is 0 Å². The minimum atomic E-state index is 0.506. The summed E-state index contributed by atoms with van der Waals surface area (Å²) in [7, 11) is 0. The van der Waals surface area contributed by atoms with Gasteiger partial charge in [0.25, 0.3) is 0 Å². The van der Waals surface area contributed by atoms with Crippen LogP contribution in [0, 0.1) is 5.92 Å². The van der Waals surface area contributed by atoms with E-state index in [0.717, 1.165) is 18.8 Å². The molecule has 0 atom stereocenters. The van der Waals surface area contributed by atoms with E-state index in [1.807, 2.05) is 6.07 Å². The van der Waals surface area contributed by atoms with Crippen LogP contribution in [0.3, 0.4) is 0 Å². The van der Waals surface area contributed by atoms with Gasteiger partial charge in [-0.1, -0.05) is 27.2 Å². The fraction of sp³-hybridized carbons (Fsp3) is 0.667. The summed E-state index contributed by atoms with van der Waals surface area (Å²) < 4.78 is 5.52. The van der Waals surface area contributed by atoms with Crippen LogP contribution in [0.15, 0.2) is 12.4 Å². The van der Waals surface area contributed by atoms with Crippen molar-refractivity contribution in [3.63, 3.8) is 0 Å². The molecule has 0 aliphatic heterocycles. The molecule has 16 heavy (non-hydrogen) atoms. The molecule has 1 heterocycles. The highest BCUT2D eigenvalue weighted by atomic mass is 16.5. The Morgan fingerprint density at radius 2 is 2.19 bits per heavy atom. The summed E-state index contributed by atoms with van der Waals surface area (Å²) in [6.07, 6.45) is 3.85. The van der Waals surface area contributed by atoms with E-state index in [1.165, 1.54) is 12.7 Å². The molecule has 0 fully saturated rings. The Kier molecular flexibility index (Phi) is 5.61. The molecule has 4 nitrogen and oxygen atoms in total. The van der Waals surface area contributed by atoms with Gasteiger partial charge in [-0.3, -0.25) is 0 Å². The molecule has 0 aromatic carbocycles. The highest BCUT2D eigenvalue weighted by Gasteiger charge is 2.00. The highest BCUT2D eigenvalue weighted by molar-refractivity contribution is 5.36. The number of nitrogens with zero attached hydrogens (tertiary/aromatic N) is 2. The van der Waals surface area contributed by atoms with Crippen molar-refractivity contribution in [2.24, 2.45) is 5.92 Å². The molecule has 1 N–H and O–H groups in total. The summed E-state index contributed by atoms with van der Waals surface area (Å²) in [5.74, 6) is 1.98. The SMILES string of the molecule is CCCCNc1cc(OCC(C)C)ncn1. The maximum Gasteiger partial charge on any atom is 0.218 e. The lowest BCUT2D eigenvalue weighted by Gasteiger charge is -2.09. The first kappa shape index (κ1) is 12.7. The van der Waals surface area contributed by atoms with Gasteiger partial charge in [-0.2, -0.15) is 0 Å². The van der Waals surface area contributed by atoms with Gasteiger partial charge in [0.05, 0.1) is 6.61 Å². The average Bonchev–Trinajstić information content (AvgIpc) is 2.27. The van der Waals surface area contributed by atoms with Gasteiger partial charge < -0.3 is 10.1 Å². The molecule has 0 saturated heterocycles. The standard InChI is InChI=1S/C12H21N3O/c1-4-5-6-13-11-7-12(15-9-14-11)16-8-10(2)3/h7,9-10H,4-6,8H2,1-3H3,(H,13,14,15). The van der Waals surface area contributed by atoms with Gasteiger partial charge in [-0.15, -0.1) is 0 Å². The minimum absolute atomic E-state index is 0.506. The Morgan fingerprint density at radius 1 is 1.38 bits per heavy atom. The topological polar surface area (TPSA) is 47.0 Å². The van der Waals surface area contributed by atoms with E-state index in [1.54, 1.807) is 0 Å². The van der Waals surface area contributed by atoms with Crippen molar-refractivity contribution in [3.8, 4) is 5.88 Å². The van der Waals surface area contributed by atoms with Crippen LogP contribution in [0.1, 0.15) is 33.6 Å². The second-order valence-corrected chi connectivity index (χ2v) is 4.23. The smallest absolute Gasteiger partial charge is 0.218 e. The maximum absolute atomic E-state index is 5.52. The number of aromatic nitrogens is 2. The van der Waals surface area contributed by atoms with Crippen LogP contribution >= 0.6 is 0 Å². The molecule has 0 aliphatic carbocycles. The molecular weight excluding hydrogens is 202 g/mol. The quantitative estimate of drug-likeness (QED) is 0.722. The van der Waals surface area contributed by atoms with Crippen molar-refractivity contribution in [2.45, 2.75) is 33.6 Å². The average molecular weight is 223 g/mol. The zero-order chi connectivity index (χ0) is 11.8. The van der Waals surface area contributed by atoms with Crippen molar-refractivity contribution in [3.05, 3.63) is 12.4 Å². The van der Waals surface area contributed by atoms with Gasteiger partial charge >= 0.3 is 0 Å². The predicted molar refractivity (Wildman–Crippen MR) is 65.8 cm³/mol. The first-order valence-corrected chi connectivity index (χ1v) is 5.91. The van der Waals surface area contributed by atoms with E-state index in [-0.39, 0.29) is 0 Å². The van der Waals surface area contributed by atoms with Crippen molar-refractivity contribution < 1.29 is 4.74 Å². The van der Waals surface area contributed by atoms with E-state index in [2.05, 4.69) is 36.1 Å². The molecular formula is C12H21N3O. The third-order valence-corrected chi connectivity index (χ3v) is 2.04. The molecule has 90 valence electrons. The van der Waals surface area contributed by atoms with E-state index < -0.39 is 0 Å². The van der Waals surface area contributed by atoms with Crippen molar-refractivity contribution in [2.75, 3.05) is 18.5 Å². The van der Waals surface area contributed by atoms with E-state index in [9.17, 15) is 0 Å². The van der Waals surface area contributed by atoms with Gasteiger partial charge in [0.1, 0.15) is 12.1 Å². The fourth-order valence-electron chi connectivity index (χ4n) is 1.16. The summed E-state index contributed by atoms with van der Waals surface area (Å²) in [5.41, 5.74) is 0. The third kappa shape index (κ3) is 4.96. The minimum Gasteiger partial charge on any atom is -0.477 e. The first-order chi connectivity index (χ1) is 7.72. The second kappa shape index (κ2) is 7.04. The van der Waals surface area contributed by atoms with Crippen molar-refractivity contribution in [1.82, 2.24) is 9.97 Å². The van der Waals surface area contributed by atoms with Crippen LogP contribution in [-0.4, -0.2) is 23.1 Å². The zero-order valence-corrected chi connectivity index (χ0v) is 10.4. The van der Waals surface area contributed by atoms with Crippen molar-refractivity contribution >= 4 is 5.82 Å².